The third-order valence-corrected chi connectivity index (χ3v) is 3.08. The smallest absolute Gasteiger partial charge is 0.337 e. The van der Waals surface area contributed by atoms with Crippen LogP contribution in [0, 0.1) is 3.57 Å². The molecule has 0 spiro atoms. The minimum Gasteiger partial charge on any atom is -0.478 e. The summed E-state index contributed by atoms with van der Waals surface area (Å²) in [5.74, 6) is -1.08. The lowest BCUT2D eigenvalue weighted by Gasteiger charge is -2.15. The van der Waals surface area contributed by atoms with Crippen molar-refractivity contribution in [3.63, 3.8) is 0 Å². The Morgan fingerprint density at radius 3 is 2.75 bits per heavy atom. The van der Waals surface area contributed by atoms with Gasteiger partial charge >= 0.3 is 12.0 Å². The predicted octanol–water partition coefficient (Wildman–Crippen LogP) is 2.54. The Morgan fingerprint density at radius 2 is 2.15 bits per heavy atom. The number of carbonyl (C=O) groups is 2. The monoisotopic (exact) mass is 392 g/mol. The van der Waals surface area contributed by atoms with E-state index in [9.17, 15) is 9.59 Å². The van der Waals surface area contributed by atoms with Gasteiger partial charge in [0.1, 0.15) is 0 Å². The molecular formula is C13H17IN2O4. The molecule has 0 fully saturated rings. The van der Waals surface area contributed by atoms with E-state index in [0.29, 0.717) is 13.2 Å². The first kappa shape index (κ1) is 16.7. The Kier molecular flexibility index (Phi) is 6.73. The molecule has 0 saturated carbocycles. The second-order valence-corrected chi connectivity index (χ2v) is 5.40. The van der Waals surface area contributed by atoms with Crippen molar-refractivity contribution in [3.05, 3.63) is 27.3 Å². The molecule has 7 heteroatoms. The third-order valence-electron chi connectivity index (χ3n) is 2.41. The van der Waals surface area contributed by atoms with Crippen LogP contribution in [0.5, 0.6) is 0 Å². The third kappa shape index (κ3) is 5.33. The average molecular weight is 392 g/mol. The van der Waals surface area contributed by atoms with Crippen molar-refractivity contribution < 1.29 is 19.4 Å². The van der Waals surface area contributed by atoms with Crippen molar-refractivity contribution >= 4 is 40.3 Å². The SMILES string of the molecule is CCOCC(C)NC(=O)Nc1ccc(I)cc1C(=O)O. The maximum absolute atomic E-state index is 11.8. The molecule has 0 aliphatic rings. The molecule has 1 unspecified atom stereocenters. The van der Waals surface area contributed by atoms with Crippen LogP contribution in [0.4, 0.5) is 10.5 Å². The van der Waals surface area contributed by atoms with Gasteiger partial charge in [0.2, 0.25) is 0 Å². The zero-order valence-electron chi connectivity index (χ0n) is 11.3. The van der Waals surface area contributed by atoms with Gasteiger partial charge in [-0.05, 0) is 54.6 Å². The highest BCUT2D eigenvalue weighted by atomic mass is 127. The molecule has 1 aromatic carbocycles. The highest BCUT2D eigenvalue weighted by Gasteiger charge is 2.14. The second-order valence-electron chi connectivity index (χ2n) is 4.15. The largest absolute Gasteiger partial charge is 0.478 e. The van der Waals surface area contributed by atoms with Crippen molar-refractivity contribution in [1.82, 2.24) is 5.32 Å². The number of carboxylic acid groups (broad SMARTS) is 1. The zero-order chi connectivity index (χ0) is 15.1. The molecule has 0 aromatic heterocycles. The van der Waals surface area contributed by atoms with E-state index in [1.54, 1.807) is 19.1 Å². The zero-order valence-corrected chi connectivity index (χ0v) is 13.4. The lowest BCUT2D eigenvalue weighted by atomic mass is 10.2. The first-order chi connectivity index (χ1) is 9.43. The molecule has 0 heterocycles. The van der Waals surface area contributed by atoms with Crippen LogP contribution >= 0.6 is 22.6 Å². The molecule has 2 amide bonds. The van der Waals surface area contributed by atoms with Crippen LogP contribution in [0.25, 0.3) is 0 Å². The van der Waals surface area contributed by atoms with Crippen LogP contribution in [-0.2, 0) is 4.74 Å². The fraction of sp³-hybridized carbons (Fsp3) is 0.385. The van der Waals surface area contributed by atoms with Crippen LogP contribution in [0.15, 0.2) is 18.2 Å². The van der Waals surface area contributed by atoms with Crippen LogP contribution in [0.1, 0.15) is 24.2 Å². The van der Waals surface area contributed by atoms with E-state index >= 15 is 0 Å². The molecule has 6 nitrogen and oxygen atoms in total. The van der Waals surface area contributed by atoms with Gasteiger partial charge in [-0.3, -0.25) is 0 Å². The van der Waals surface area contributed by atoms with E-state index in [4.69, 9.17) is 9.84 Å². The number of hydrogen-bond acceptors (Lipinski definition) is 3. The molecule has 1 atom stereocenters. The number of nitrogens with one attached hydrogen (secondary N) is 2. The van der Waals surface area contributed by atoms with Gasteiger partial charge in [-0.25, -0.2) is 9.59 Å². The van der Waals surface area contributed by atoms with Crippen molar-refractivity contribution in [2.75, 3.05) is 18.5 Å². The molecule has 0 aliphatic carbocycles. The van der Waals surface area contributed by atoms with Crippen molar-refractivity contribution in [2.45, 2.75) is 19.9 Å². The van der Waals surface area contributed by atoms with Crippen LogP contribution in [0.3, 0.4) is 0 Å². The molecule has 1 aromatic rings. The number of rotatable bonds is 6. The summed E-state index contributed by atoms with van der Waals surface area (Å²) in [6.07, 6.45) is 0. The van der Waals surface area contributed by atoms with E-state index in [2.05, 4.69) is 10.6 Å². The standard InChI is InChI=1S/C13H17IN2O4/c1-3-20-7-8(2)15-13(19)16-11-5-4-9(14)6-10(11)12(17)18/h4-6,8H,3,7H2,1-2H3,(H,17,18)(H2,15,16,19). The minimum absolute atomic E-state index is 0.0597. The summed E-state index contributed by atoms with van der Waals surface area (Å²) in [4.78, 5) is 22.9. The summed E-state index contributed by atoms with van der Waals surface area (Å²) in [7, 11) is 0. The van der Waals surface area contributed by atoms with Gasteiger partial charge in [-0.15, -0.1) is 0 Å². The Labute approximate surface area is 131 Å². The predicted molar refractivity (Wildman–Crippen MR) is 84.2 cm³/mol. The van der Waals surface area contributed by atoms with E-state index < -0.39 is 12.0 Å². The van der Waals surface area contributed by atoms with Crippen LogP contribution < -0.4 is 10.6 Å². The molecule has 0 bridgehead atoms. The number of urea groups is 1. The summed E-state index contributed by atoms with van der Waals surface area (Å²) >= 11 is 2.02. The molecule has 0 radical (unpaired) electrons. The minimum atomic E-state index is -1.08. The van der Waals surface area contributed by atoms with Crippen molar-refractivity contribution in [1.29, 1.82) is 0 Å². The maximum atomic E-state index is 11.8. The number of hydrogen-bond donors (Lipinski definition) is 3. The first-order valence-corrected chi connectivity index (χ1v) is 7.20. The number of benzene rings is 1. The lowest BCUT2D eigenvalue weighted by molar-refractivity contribution is 0.0698. The summed E-state index contributed by atoms with van der Waals surface area (Å²) < 4.78 is 5.97. The normalized spacial score (nSPS) is 11.8. The Bertz CT molecular complexity index is 493. The molecule has 110 valence electrons. The second kappa shape index (κ2) is 8.05. The molecule has 20 heavy (non-hydrogen) atoms. The number of carbonyl (C=O) groups excluding carboxylic acids is 1. The Morgan fingerprint density at radius 1 is 1.45 bits per heavy atom. The summed E-state index contributed by atoms with van der Waals surface area (Å²) in [5.41, 5.74) is 0.323. The fourth-order valence-electron chi connectivity index (χ4n) is 1.52. The number of anilines is 1. The van der Waals surface area contributed by atoms with Crippen LogP contribution in [0.2, 0.25) is 0 Å². The summed E-state index contributed by atoms with van der Waals surface area (Å²) in [6.45, 7) is 4.66. The molecule has 1 rings (SSSR count). The van der Waals surface area contributed by atoms with Gasteiger partial charge in [0, 0.05) is 10.2 Å². The van der Waals surface area contributed by atoms with Crippen molar-refractivity contribution in [3.8, 4) is 0 Å². The van der Waals surface area contributed by atoms with E-state index in [1.165, 1.54) is 6.07 Å². The molecule has 0 aliphatic heterocycles. The Hall–Kier alpha value is -1.35. The first-order valence-electron chi connectivity index (χ1n) is 6.12. The fourth-order valence-corrected chi connectivity index (χ4v) is 2.01. The maximum Gasteiger partial charge on any atom is 0.337 e. The Balaban J connectivity index is 2.68. The van der Waals surface area contributed by atoms with Gasteiger partial charge in [0.05, 0.1) is 23.9 Å². The van der Waals surface area contributed by atoms with Gasteiger partial charge in [0.15, 0.2) is 0 Å². The topological polar surface area (TPSA) is 87.7 Å². The van der Waals surface area contributed by atoms with Gasteiger partial charge in [-0.1, -0.05) is 0 Å². The van der Waals surface area contributed by atoms with E-state index in [-0.39, 0.29) is 17.3 Å². The van der Waals surface area contributed by atoms with E-state index in [1.807, 2.05) is 29.5 Å². The van der Waals surface area contributed by atoms with Crippen molar-refractivity contribution in [2.24, 2.45) is 0 Å². The average Bonchev–Trinajstić information content (AvgIpc) is 2.38. The van der Waals surface area contributed by atoms with Gasteiger partial charge in [-0.2, -0.15) is 0 Å². The number of halogens is 1. The highest BCUT2D eigenvalue weighted by Crippen LogP contribution is 2.18. The van der Waals surface area contributed by atoms with Crippen LogP contribution in [-0.4, -0.2) is 36.4 Å². The molecule has 0 saturated heterocycles. The summed E-state index contributed by atoms with van der Waals surface area (Å²) in [5, 5.41) is 14.3. The highest BCUT2D eigenvalue weighted by molar-refractivity contribution is 14.1. The molecular weight excluding hydrogens is 375 g/mol. The quantitative estimate of drug-likeness (QED) is 0.650. The number of amides is 2. The number of aromatic carboxylic acids is 1. The van der Waals surface area contributed by atoms with E-state index in [0.717, 1.165) is 3.57 Å². The number of carboxylic acids is 1. The number of ether oxygens (including phenoxy) is 1. The lowest BCUT2D eigenvalue weighted by Crippen LogP contribution is -2.39. The van der Waals surface area contributed by atoms with Gasteiger partial charge in [0.25, 0.3) is 0 Å². The van der Waals surface area contributed by atoms with Gasteiger partial charge < -0.3 is 20.5 Å². The molecule has 3 N–H and O–H groups in total. The summed E-state index contributed by atoms with van der Waals surface area (Å²) in [6, 6.07) is 4.18.